The minimum absolute atomic E-state index is 0.0489. The van der Waals surface area contributed by atoms with E-state index in [4.69, 9.17) is 23.2 Å². The molecule has 0 bridgehead atoms. The third kappa shape index (κ3) is 2.65. The van der Waals surface area contributed by atoms with E-state index in [1.165, 1.54) is 6.07 Å². The number of alkyl halides is 1. The van der Waals surface area contributed by atoms with Crippen LogP contribution in [0.5, 0.6) is 0 Å². The summed E-state index contributed by atoms with van der Waals surface area (Å²) in [6.07, 6.45) is 1.71. The second kappa shape index (κ2) is 5.68. The third-order valence-corrected chi connectivity index (χ3v) is 3.88. The highest BCUT2D eigenvalue weighted by molar-refractivity contribution is 6.33. The molecular formula is C14H12Cl2FN. The van der Waals surface area contributed by atoms with E-state index in [2.05, 4.69) is 4.98 Å². The van der Waals surface area contributed by atoms with Crippen molar-refractivity contribution < 1.29 is 4.39 Å². The first-order valence-electron chi connectivity index (χ1n) is 5.60. The van der Waals surface area contributed by atoms with E-state index < -0.39 is 11.2 Å². The molecular weight excluding hydrogens is 272 g/mol. The summed E-state index contributed by atoms with van der Waals surface area (Å²) in [6, 6.07) is 10.3. The average Bonchev–Trinajstić information content (AvgIpc) is 2.41. The molecule has 0 saturated carbocycles. The summed E-state index contributed by atoms with van der Waals surface area (Å²) < 4.78 is 13.4. The fourth-order valence-corrected chi connectivity index (χ4v) is 2.41. The van der Waals surface area contributed by atoms with Crippen molar-refractivity contribution in [2.24, 2.45) is 0 Å². The highest BCUT2D eigenvalue weighted by atomic mass is 35.5. The number of hydrogen-bond acceptors (Lipinski definition) is 1. The minimum Gasteiger partial charge on any atom is -0.261 e. The molecule has 1 nitrogen and oxygen atoms in total. The highest BCUT2D eigenvalue weighted by Gasteiger charge is 2.22. The Morgan fingerprint density at radius 2 is 1.94 bits per heavy atom. The number of hydrogen-bond donors (Lipinski definition) is 0. The summed E-state index contributed by atoms with van der Waals surface area (Å²) in [7, 11) is 0. The van der Waals surface area contributed by atoms with Gasteiger partial charge in [-0.3, -0.25) is 4.98 Å². The van der Waals surface area contributed by atoms with Crippen LogP contribution in [0.3, 0.4) is 0 Å². The van der Waals surface area contributed by atoms with Crippen molar-refractivity contribution >= 4 is 23.2 Å². The molecule has 94 valence electrons. The molecule has 0 radical (unpaired) electrons. The number of halogens is 3. The van der Waals surface area contributed by atoms with Crippen LogP contribution in [-0.4, -0.2) is 4.98 Å². The smallest absolute Gasteiger partial charge is 0.142 e. The largest absolute Gasteiger partial charge is 0.261 e. The lowest BCUT2D eigenvalue weighted by Crippen LogP contribution is -2.05. The molecule has 2 aromatic rings. The lowest BCUT2D eigenvalue weighted by molar-refractivity contribution is 0.621. The molecule has 0 aliphatic carbocycles. The molecule has 1 aromatic carbocycles. The maximum atomic E-state index is 13.4. The molecule has 2 atom stereocenters. The summed E-state index contributed by atoms with van der Waals surface area (Å²) in [5, 5.41) is -0.330. The molecule has 0 fully saturated rings. The second-order valence-corrected chi connectivity index (χ2v) is 4.94. The van der Waals surface area contributed by atoms with Gasteiger partial charge in [0.25, 0.3) is 0 Å². The minimum atomic E-state index is -0.451. The van der Waals surface area contributed by atoms with Crippen molar-refractivity contribution in [3.05, 3.63) is 64.7 Å². The zero-order valence-electron chi connectivity index (χ0n) is 9.78. The molecule has 1 aromatic heterocycles. The van der Waals surface area contributed by atoms with Gasteiger partial charge in [-0.2, -0.15) is 0 Å². The zero-order chi connectivity index (χ0) is 13.1. The maximum Gasteiger partial charge on any atom is 0.142 e. The van der Waals surface area contributed by atoms with Gasteiger partial charge >= 0.3 is 0 Å². The summed E-state index contributed by atoms with van der Waals surface area (Å²) in [6.45, 7) is 1.95. The van der Waals surface area contributed by atoms with Crippen LogP contribution in [0.2, 0.25) is 5.02 Å². The predicted octanol–water partition coefficient (Wildman–Crippen LogP) is 4.96. The third-order valence-electron chi connectivity index (χ3n) is 2.87. The van der Waals surface area contributed by atoms with E-state index in [0.29, 0.717) is 5.56 Å². The van der Waals surface area contributed by atoms with Gasteiger partial charge in [-0.1, -0.05) is 36.7 Å². The van der Waals surface area contributed by atoms with Crippen LogP contribution < -0.4 is 0 Å². The Kier molecular flexibility index (Phi) is 4.20. The number of pyridine rings is 1. The first kappa shape index (κ1) is 13.3. The van der Waals surface area contributed by atoms with Crippen molar-refractivity contribution in [2.75, 3.05) is 0 Å². The molecule has 0 N–H and O–H groups in total. The number of rotatable bonds is 3. The highest BCUT2D eigenvalue weighted by Crippen LogP contribution is 2.39. The number of nitrogens with zero attached hydrogens (tertiary/aromatic N) is 1. The standard InChI is InChI=1S/C14H12Cl2FN/c1-9(12-7-2-3-8-18-12)13(15)10-5-4-6-11(17)14(10)16/h2-9,13H,1H3. The van der Waals surface area contributed by atoms with Gasteiger partial charge in [0, 0.05) is 17.8 Å². The molecule has 2 unspecified atom stereocenters. The molecule has 0 aliphatic rings. The summed E-state index contributed by atoms with van der Waals surface area (Å²) in [4.78, 5) is 4.26. The van der Waals surface area contributed by atoms with Crippen molar-refractivity contribution in [2.45, 2.75) is 18.2 Å². The van der Waals surface area contributed by atoms with E-state index in [0.717, 1.165) is 5.69 Å². The molecule has 4 heteroatoms. The van der Waals surface area contributed by atoms with Crippen molar-refractivity contribution in [1.82, 2.24) is 4.98 Å². The maximum absolute atomic E-state index is 13.4. The lowest BCUT2D eigenvalue weighted by atomic mass is 9.97. The van der Waals surface area contributed by atoms with E-state index in [1.54, 1.807) is 18.3 Å². The molecule has 18 heavy (non-hydrogen) atoms. The quantitative estimate of drug-likeness (QED) is 0.726. The summed E-state index contributed by atoms with van der Waals surface area (Å²) in [5.41, 5.74) is 1.45. The Labute approximate surface area is 116 Å². The fourth-order valence-electron chi connectivity index (χ4n) is 1.80. The van der Waals surface area contributed by atoms with Crippen LogP contribution in [0.4, 0.5) is 4.39 Å². The summed E-state index contributed by atoms with van der Waals surface area (Å²) in [5.74, 6) is -0.500. The predicted molar refractivity (Wildman–Crippen MR) is 72.7 cm³/mol. The molecule has 0 aliphatic heterocycles. The van der Waals surface area contributed by atoms with Gasteiger partial charge in [-0.25, -0.2) is 4.39 Å². The van der Waals surface area contributed by atoms with Crippen LogP contribution in [0, 0.1) is 5.82 Å². The topological polar surface area (TPSA) is 12.9 Å². The van der Waals surface area contributed by atoms with E-state index in [9.17, 15) is 4.39 Å². The molecule has 2 rings (SSSR count). The van der Waals surface area contributed by atoms with E-state index >= 15 is 0 Å². The van der Waals surface area contributed by atoms with Crippen LogP contribution in [0.25, 0.3) is 0 Å². The molecule has 1 heterocycles. The first-order valence-corrected chi connectivity index (χ1v) is 6.41. The van der Waals surface area contributed by atoms with E-state index in [-0.39, 0.29) is 10.9 Å². The van der Waals surface area contributed by atoms with E-state index in [1.807, 2.05) is 25.1 Å². The summed E-state index contributed by atoms with van der Waals surface area (Å²) >= 11 is 12.3. The fraction of sp³-hybridized carbons (Fsp3) is 0.214. The molecule has 0 amide bonds. The van der Waals surface area contributed by atoms with Gasteiger partial charge in [-0.15, -0.1) is 11.6 Å². The van der Waals surface area contributed by atoms with Gasteiger partial charge in [0.1, 0.15) is 5.82 Å². The average molecular weight is 284 g/mol. The van der Waals surface area contributed by atoms with Crippen LogP contribution in [-0.2, 0) is 0 Å². The Balaban J connectivity index is 2.31. The van der Waals surface area contributed by atoms with Crippen molar-refractivity contribution in [3.63, 3.8) is 0 Å². The monoisotopic (exact) mass is 283 g/mol. The number of benzene rings is 1. The Morgan fingerprint density at radius 1 is 1.17 bits per heavy atom. The zero-order valence-corrected chi connectivity index (χ0v) is 11.3. The van der Waals surface area contributed by atoms with Gasteiger partial charge in [-0.05, 0) is 23.8 Å². The first-order chi connectivity index (χ1) is 8.61. The normalized spacial score (nSPS) is 14.2. The van der Waals surface area contributed by atoms with Gasteiger partial charge in [0.2, 0.25) is 0 Å². The lowest BCUT2D eigenvalue weighted by Gasteiger charge is -2.19. The van der Waals surface area contributed by atoms with Crippen LogP contribution in [0.15, 0.2) is 42.6 Å². The van der Waals surface area contributed by atoms with Crippen molar-refractivity contribution in [3.8, 4) is 0 Å². The van der Waals surface area contributed by atoms with Gasteiger partial charge < -0.3 is 0 Å². The molecule has 0 spiro atoms. The Bertz CT molecular complexity index is 531. The van der Waals surface area contributed by atoms with Gasteiger partial charge in [0.15, 0.2) is 0 Å². The number of aromatic nitrogens is 1. The van der Waals surface area contributed by atoms with Crippen LogP contribution >= 0.6 is 23.2 Å². The Morgan fingerprint density at radius 3 is 2.61 bits per heavy atom. The van der Waals surface area contributed by atoms with Gasteiger partial charge in [0.05, 0.1) is 10.4 Å². The van der Waals surface area contributed by atoms with Crippen LogP contribution in [0.1, 0.15) is 29.5 Å². The second-order valence-electron chi connectivity index (χ2n) is 4.09. The molecule has 0 saturated heterocycles. The SMILES string of the molecule is CC(c1ccccn1)C(Cl)c1cccc(F)c1Cl. The Hall–Kier alpha value is -1.12. The van der Waals surface area contributed by atoms with Crippen molar-refractivity contribution in [1.29, 1.82) is 0 Å².